The Hall–Kier alpha value is -1.56. The van der Waals surface area contributed by atoms with Crippen molar-refractivity contribution in [3.63, 3.8) is 0 Å². The lowest BCUT2D eigenvalue weighted by Crippen LogP contribution is -2.40. The van der Waals surface area contributed by atoms with Crippen LogP contribution in [0, 0.1) is 0 Å². The predicted octanol–water partition coefficient (Wildman–Crippen LogP) is 1.86. The lowest BCUT2D eigenvalue weighted by molar-refractivity contribution is -0.130. The first-order valence-corrected chi connectivity index (χ1v) is 6.28. The van der Waals surface area contributed by atoms with Crippen molar-refractivity contribution in [3.8, 4) is 0 Å². The van der Waals surface area contributed by atoms with Gasteiger partial charge in [-0.25, -0.2) is 4.79 Å². The second kappa shape index (κ2) is 4.28. The third kappa shape index (κ3) is 2.20. The number of hydrogen-bond acceptors (Lipinski definition) is 3. The Morgan fingerprint density at radius 2 is 2.06 bits per heavy atom. The number of benzene rings is 1. The fraction of sp³-hybridized carbons (Fsp3) is 0.333. The maximum Gasteiger partial charge on any atom is 0.325 e. The second-order valence-corrected chi connectivity index (χ2v) is 5.71. The largest absolute Gasteiger partial charge is 0.398 e. The van der Waals surface area contributed by atoms with Gasteiger partial charge in [-0.05, 0) is 31.5 Å². The fourth-order valence-corrected chi connectivity index (χ4v) is 2.22. The molecule has 0 aromatic heterocycles. The number of nitrogens with one attached hydrogen (secondary N) is 1. The number of hydrogen-bond donors (Lipinski definition) is 2. The average Bonchev–Trinajstić information content (AvgIpc) is 2.44. The van der Waals surface area contributed by atoms with Crippen LogP contribution >= 0.6 is 15.9 Å². The zero-order valence-corrected chi connectivity index (χ0v) is 11.7. The van der Waals surface area contributed by atoms with Crippen LogP contribution in [0.15, 0.2) is 22.7 Å². The lowest BCUT2D eigenvalue weighted by atomic mass is 10.1. The molecule has 1 aromatic rings. The normalized spacial score (nSPS) is 18.1. The quantitative estimate of drug-likeness (QED) is 0.646. The molecule has 0 aliphatic carbocycles. The standard InChI is InChI=1S/C12H14BrN3O2/c1-12(2)10(17)16(11(18)15-12)6-7-3-4-8(13)5-9(7)14/h3-5H,6,14H2,1-2H3,(H,15,18). The van der Waals surface area contributed by atoms with E-state index in [4.69, 9.17) is 5.73 Å². The highest BCUT2D eigenvalue weighted by molar-refractivity contribution is 9.10. The van der Waals surface area contributed by atoms with Crippen molar-refractivity contribution in [2.45, 2.75) is 25.9 Å². The van der Waals surface area contributed by atoms with Gasteiger partial charge in [0.25, 0.3) is 5.91 Å². The summed E-state index contributed by atoms with van der Waals surface area (Å²) >= 11 is 3.31. The molecule has 1 heterocycles. The van der Waals surface area contributed by atoms with Gasteiger partial charge in [0.15, 0.2) is 0 Å². The molecule has 0 bridgehead atoms. The molecule has 6 heteroatoms. The molecule has 1 aromatic carbocycles. The first kappa shape index (κ1) is 12.9. The van der Waals surface area contributed by atoms with E-state index in [-0.39, 0.29) is 18.5 Å². The third-order valence-corrected chi connectivity index (χ3v) is 3.37. The molecule has 1 fully saturated rings. The molecule has 1 saturated heterocycles. The van der Waals surface area contributed by atoms with E-state index in [0.717, 1.165) is 10.0 Å². The van der Waals surface area contributed by atoms with Gasteiger partial charge in [0.1, 0.15) is 5.54 Å². The molecule has 1 aliphatic rings. The Bertz CT molecular complexity index is 528. The summed E-state index contributed by atoms with van der Waals surface area (Å²) < 4.78 is 0.862. The number of carbonyl (C=O) groups excluding carboxylic acids is 2. The van der Waals surface area contributed by atoms with E-state index in [0.29, 0.717) is 5.69 Å². The number of nitrogen functional groups attached to an aromatic ring is 1. The summed E-state index contributed by atoms with van der Waals surface area (Å²) in [5, 5.41) is 2.63. The molecule has 0 atom stereocenters. The van der Waals surface area contributed by atoms with Gasteiger partial charge in [-0.3, -0.25) is 9.69 Å². The number of halogens is 1. The third-order valence-electron chi connectivity index (χ3n) is 2.88. The minimum Gasteiger partial charge on any atom is -0.398 e. The molecular weight excluding hydrogens is 298 g/mol. The predicted molar refractivity (Wildman–Crippen MR) is 71.7 cm³/mol. The molecule has 0 radical (unpaired) electrons. The number of urea groups is 1. The van der Waals surface area contributed by atoms with Crippen molar-refractivity contribution in [3.05, 3.63) is 28.2 Å². The summed E-state index contributed by atoms with van der Waals surface area (Å²) in [7, 11) is 0. The number of nitrogens with zero attached hydrogens (tertiary/aromatic N) is 1. The molecule has 96 valence electrons. The minimum absolute atomic E-state index is 0.188. The van der Waals surface area contributed by atoms with E-state index in [1.165, 1.54) is 4.90 Å². The average molecular weight is 312 g/mol. The Balaban J connectivity index is 2.24. The number of nitrogens with two attached hydrogens (primary N) is 1. The van der Waals surface area contributed by atoms with Crippen LogP contribution < -0.4 is 11.1 Å². The van der Waals surface area contributed by atoms with Gasteiger partial charge in [0, 0.05) is 10.2 Å². The zero-order valence-electron chi connectivity index (χ0n) is 10.2. The van der Waals surface area contributed by atoms with Gasteiger partial charge < -0.3 is 11.1 Å². The first-order valence-electron chi connectivity index (χ1n) is 5.49. The van der Waals surface area contributed by atoms with Crippen molar-refractivity contribution < 1.29 is 9.59 Å². The van der Waals surface area contributed by atoms with Crippen LogP contribution in [-0.4, -0.2) is 22.4 Å². The van der Waals surface area contributed by atoms with Crippen molar-refractivity contribution >= 4 is 33.6 Å². The maximum atomic E-state index is 12.0. The van der Waals surface area contributed by atoms with Crippen LogP contribution in [0.3, 0.4) is 0 Å². The number of anilines is 1. The van der Waals surface area contributed by atoms with Gasteiger partial charge >= 0.3 is 6.03 Å². The maximum absolute atomic E-state index is 12.0. The summed E-state index contributed by atoms with van der Waals surface area (Å²) in [6, 6.07) is 4.99. The van der Waals surface area contributed by atoms with Crippen LogP contribution in [0.4, 0.5) is 10.5 Å². The van der Waals surface area contributed by atoms with E-state index < -0.39 is 5.54 Å². The van der Waals surface area contributed by atoms with Crippen molar-refractivity contribution in [2.75, 3.05) is 5.73 Å². The van der Waals surface area contributed by atoms with Crippen LogP contribution in [0.1, 0.15) is 19.4 Å². The topological polar surface area (TPSA) is 75.4 Å². The minimum atomic E-state index is -0.846. The molecule has 18 heavy (non-hydrogen) atoms. The fourth-order valence-electron chi connectivity index (χ4n) is 1.84. The summed E-state index contributed by atoms with van der Waals surface area (Å²) in [6.07, 6.45) is 0. The highest BCUT2D eigenvalue weighted by Crippen LogP contribution is 2.23. The summed E-state index contributed by atoms with van der Waals surface area (Å²) in [6.45, 7) is 3.55. The van der Waals surface area contributed by atoms with Crippen molar-refractivity contribution in [1.82, 2.24) is 10.2 Å². The van der Waals surface area contributed by atoms with Gasteiger partial charge in [0.2, 0.25) is 0 Å². The molecule has 2 rings (SSSR count). The Kier molecular flexibility index (Phi) is 3.06. The molecule has 0 unspecified atom stereocenters. The van der Waals surface area contributed by atoms with E-state index in [1.807, 2.05) is 6.07 Å². The summed E-state index contributed by atoms with van der Waals surface area (Å²) in [4.78, 5) is 24.9. The van der Waals surface area contributed by atoms with Gasteiger partial charge in [0.05, 0.1) is 6.54 Å². The number of imide groups is 1. The molecule has 3 N–H and O–H groups in total. The second-order valence-electron chi connectivity index (χ2n) is 4.79. The molecule has 0 spiro atoms. The van der Waals surface area contributed by atoms with Crippen LogP contribution in [0.25, 0.3) is 0 Å². The van der Waals surface area contributed by atoms with E-state index in [9.17, 15) is 9.59 Å². The Labute approximate surface area is 113 Å². The zero-order chi connectivity index (χ0) is 13.5. The lowest BCUT2D eigenvalue weighted by Gasteiger charge is -2.17. The number of amides is 3. The van der Waals surface area contributed by atoms with Gasteiger partial charge in [-0.1, -0.05) is 22.0 Å². The first-order chi connectivity index (χ1) is 8.31. The highest BCUT2D eigenvalue weighted by Gasteiger charge is 2.44. The Morgan fingerprint density at radius 1 is 1.39 bits per heavy atom. The van der Waals surface area contributed by atoms with Crippen molar-refractivity contribution in [2.24, 2.45) is 0 Å². The number of carbonyl (C=O) groups is 2. The summed E-state index contributed by atoms with van der Waals surface area (Å²) in [5.74, 6) is -0.241. The number of rotatable bonds is 2. The molecule has 1 aliphatic heterocycles. The smallest absolute Gasteiger partial charge is 0.325 e. The van der Waals surface area contributed by atoms with E-state index in [2.05, 4.69) is 21.2 Å². The Morgan fingerprint density at radius 3 is 2.56 bits per heavy atom. The van der Waals surface area contributed by atoms with Gasteiger partial charge in [-0.2, -0.15) is 0 Å². The SMILES string of the molecule is CC1(C)NC(=O)N(Cc2ccc(Br)cc2N)C1=O. The van der Waals surface area contributed by atoms with Crippen LogP contribution in [-0.2, 0) is 11.3 Å². The van der Waals surface area contributed by atoms with Gasteiger partial charge in [-0.15, -0.1) is 0 Å². The van der Waals surface area contributed by atoms with Crippen LogP contribution in [0.2, 0.25) is 0 Å². The van der Waals surface area contributed by atoms with Crippen molar-refractivity contribution in [1.29, 1.82) is 0 Å². The summed E-state index contributed by atoms with van der Waals surface area (Å²) in [5.41, 5.74) is 6.31. The monoisotopic (exact) mass is 311 g/mol. The molecular formula is C12H14BrN3O2. The van der Waals surface area contributed by atoms with E-state index >= 15 is 0 Å². The molecule has 5 nitrogen and oxygen atoms in total. The van der Waals surface area contributed by atoms with E-state index in [1.54, 1.807) is 26.0 Å². The molecule has 3 amide bonds. The van der Waals surface area contributed by atoms with Crippen LogP contribution in [0.5, 0.6) is 0 Å². The molecule has 0 saturated carbocycles. The highest BCUT2D eigenvalue weighted by atomic mass is 79.9.